The second-order valence-electron chi connectivity index (χ2n) is 2.34. The third-order valence-electron chi connectivity index (χ3n) is 1.49. The van der Waals surface area contributed by atoms with Gasteiger partial charge in [0.1, 0.15) is 11.8 Å². The zero-order valence-corrected chi connectivity index (χ0v) is 10.0. The summed E-state index contributed by atoms with van der Waals surface area (Å²) in [5.74, 6) is 0.400. The number of anilines is 1. The van der Waals surface area contributed by atoms with E-state index in [0.29, 0.717) is 17.1 Å². The SMILES string of the molecule is CC.COc1ncc(C#N)cc1N(C)Cl. The lowest BCUT2D eigenvalue weighted by molar-refractivity contribution is 0.399. The molecule has 15 heavy (non-hydrogen) atoms. The van der Waals surface area contributed by atoms with Crippen LogP contribution in [-0.4, -0.2) is 19.1 Å². The van der Waals surface area contributed by atoms with E-state index in [4.69, 9.17) is 21.8 Å². The quantitative estimate of drug-likeness (QED) is 0.729. The van der Waals surface area contributed by atoms with Gasteiger partial charge in [-0.05, 0) is 6.07 Å². The van der Waals surface area contributed by atoms with Gasteiger partial charge in [0.05, 0.1) is 12.7 Å². The van der Waals surface area contributed by atoms with Crippen LogP contribution >= 0.6 is 11.8 Å². The molecule has 4 nitrogen and oxygen atoms in total. The summed E-state index contributed by atoms with van der Waals surface area (Å²) in [5.41, 5.74) is 1.02. The minimum atomic E-state index is 0.400. The highest BCUT2D eigenvalue weighted by Crippen LogP contribution is 2.26. The minimum absolute atomic E-state index is 0.400. The Morgan fingerprint density at radius 3 is 2.53 bits per heavy atom. The van der Waals surface area contributed by atoms with Crippen molar-refractivity contribution >= 4 is 17.5 Å². The molecule has 0 amide bonds. The summed E-state index contributed by atoms with van der Waals surface area (Å²) < 4.78 is 6.29. The standard InChI is InChI=1S/C8H8ClN3O.C2H6/c1-12(9)7-3-6(4-10)5-11-8(7)13-2;1-2/h3,5H,1-2H3;1-2H3. The van der Waals surface area contributed by atoms with Gasteiger partial charge >= 0.3 is 0 Å². The van der Waals surface area contributed by atoms with Crippen molar-refractivity contribution in [2.24, 2.45) is 0 Å². The predicted molar refractivity (Wildman–Crippen MR) is 61.1 cm³/mol. The van der Waals surface area contributed by atoms with Crippen LogP contribution in [0.5, 0.6) is 5.88 Å². The third kappa shape index (κ3) is 3.64. The highest BCUT2D eigenvalue weighted by Gasteiger charge is 2.08. The Bertz CT molecular complexity index is 347. The van der Waals surface area contributed by atoms with Gasteiger partial charge in [-0.3, -0.25) is 4.42 Å². The molecule has 1 aromatic heterocycles. The van der Waals surface area contributed by atoms with Crippen molar-refractivity contribution in [3.05, 3.63) is 17.8 Å². The Morgan fingerprint density at radius 2 is 2.13 bits per heavy atom. The van der Waals surface area contributed by atoms with E-state index in [1.54, 1.807) is 13.1 Å². The highest BCUT2D eigenvalue weighted by molar-refractivity contribution is 6.25. The third-order valence-corrected chi connectivity index (χ3v) is 1.67. The summed E-state index contributed by atoms with van der Waals surface area (Å²) in [7, 11) is 3.14. The average Bonchev–Trinajstić information content (AvgIpc) is 2.30. The summed E-state index contributed by atoms with van der Waals surface area (Å²) in [5, 5.41) is 8.61. The van der Waals surface area contributed by atoms with E-state index in [1.807, 2.05) is 19.9 Å². The number of aromatic nitrogens is 1. The molecule has 0 saturated carbocycles. The fourth-order valence-electron chi connectivity index (χ4n) is 0.880. The first-order chi connectivity index (χ1) is 7.19. The van der Waals surface area contributed by atoms with Gasteiger partial charge in [0.2, 0.25) is 5.88 Å². The van der Waals surface area contributed by atoms with E-state index in [1.165, 1.54) is 17.7 Å². The van der Waals surface area contributed by atoms with Crippen LogP contribution in [0, 0.1) is 11.3 Å². The molecule has 0 N–H and O–H groups in total. The summed E-state index contributed by atoms with van der Waals surface area (Å²) >= 11 is 5.72. The van der Waals surface area contributed by atoms with Gasteiger partial charge in [0.15, 0.2) is 0 Å². The Hall–Kier alpha value is -1.47. The molecule has 0 saturated heterocycles. The van der Waals surface area contributed by atoms with E-state index in [9.17, 15) is 0 Å². The number of pyridine rings is 1. The van der Waals surface area contributed by atoms with E-state index < -0.39 is 0 Å². The Labute approximate surface area is 95.2 Å². The van der Waals surface area contributed by atoms with Gasteiger partial charge in [0.25, 0.3) is 0 Å². The molecule has 1 aromatic rings. The van der Waals surface area contributed by atoms with Crippen LogP contribution in [0.2, 0.25) is 0 Å². The summed E-state index contributed by atoms with van der Waals surface area (Å²) in [6, 6.07) is 3.58. The minimum Gasteiger partial charge on any atom is -0.479 e. The molecule has 5 heteroatoms. The van der Waals surface area contributed by atoms with Crippen LogP contribution in [0.3, 0.4) is 0 Å². The highest BCUT2D eigenvalue weighted by atomic mass is 35.5. The molecule has 0 aromatic carbocycles. The van der Waals surface area contributed by atoms with E-state index in [0.717, 1.165) is 0 Å². The zero-order valence-electron chi connectivity index (χ0n) is 9.28. The van der Waals surface area contributed by atoms with Crippen molar-refractivity contribution in [2.75, 3.05) is 18.6 Å². The molecule has 82 valence electrons. The van der Waals surface area contributed by atoms with Crippen molar-refractivity contribution < 1.29 is 4.74 Å². The van der Waals surface area contributed by atoms with Crippen LogP contribution < -0.4 is 9.16 Å². The number of nitrogens with zero attached hydrogens (tertiary/aromatic N) is 3. The Balaban J connectivity index is 0.000000921. The van der Waals surface area contributed by atoms with Crippen LogP contribution in [0.15, 0.2) is 12.3 Å². The molecular formula is C10H14ClN3O. The van der Waals surface area contributed by atoms with Crippen molar-refractivity contribution in [1.29, 1.82) is 5.26 Å². The largest absolute Gasteiger partial charge is 0.479 e. The van der Waals surface area contributed by atoms with Crippen molar-refractivity contribution in [3.8, 4) is 11.9 Å². The van der Waals surface area contributed by atoms with Gasteiger partial charge < -0.3 is 4.74 Å². The summed E-state index contributed by atoms with van der Waals surface area (Å²) in [6.45, 7) is 4.00. The second kappa shape index (κ2) is 6.91. The Kier molecular flexibility index (Phi) is 6.23. The van der Waals surface area contributed by atoms with Crippen LogP contribution in [0.4, 0.5) is 5.69 Å². The molecule has 0 aliphatic carbocycles. The van der Waals surface area contributed by atoms with E-state index in [-0.39, 0.29) is 0 Å². The molecule has 0 bridgehead atoms. The molecule has 0 aliphatic rings. The van der Waals surface area contributed by atoms with Crippen LogP contribution in [0.1, 0.15) is 19.4 Å². The normalized spacial score (nSPS) is 8.27. The summed E-state index contributed by atoms with van der Waals surface area (Å²) in [6.07, 6.45) is 1.43. The number of hydrogen-bond donors (Lipinski definition) is 0. The number of nitriles is 1. The first kappa shape index (κ1) is 13.5. The zero-order chi connectivity index (χ0) is 11.8. The maximum absolute atomic E-state index is 8.61. The van der Waals surface area contributed by atoms with Crippen molar-refractivity contribution in [1.82, 2.24) is 4.98 Å². The van der Waals surface area contributed by atoms with Crippen LogP contribution in [-0.2, 0) is 0 Å². The predicted octanol–water partition coefficient (Wildman–Crippen LogP) is 2.58. The maximum Gasteiger partial charge on any atom is 0.238 e. The van der Waals surface area contributed by atoms with Crippen LogP contribution in [0.25, 0.3) is 0 Å². The molecule has 0 unspecified atom stereocenters. The molecule has 0 radical (unpaired) electrons. The number of rotatable bonds is 2. The number of hydrogen-bond acceptors (Lipinski definition) is 4. The molecule has 0 spiro atoms. The van der Waals surface area contributed by atoms with Crippen molar-refractivity contribution in [3.63, 3.8) is 0 Å². The lowest BCUT2D eigenvalue weighted by Crippen LogP contribution is -2.04. The van der Waals surface area contributed by atoms with Gasteiger partial charge in [0, 0.05) is 25.0 Å². The van der Waals surface area contributed by atoms with Gasteiger partial charge in [-0.1, -0.05) is 13.8 Å². The lowest BCUT2D eigenvalue weighted by Gasteiger charge is -2.12. The van der Waals surface area contributed by atoms with Gasteiger partial charge in [-0.15, -0.1) is 0 Å². The van der Waals surface area contributed by atoms with Gasteiger partial charge in [-0.25, -0.2) is 4.98 Å². The lowest BCUT2D eigenvalue weighted by atomic mass is 10.3. The van der Waals surface area contributed by atoms with E-state index in [2.05, 4.69) is 4.98 Å². The molecular weight excluding hydrogens is 214 g/mol. The number of ether oxygens (including phenoxy) is 1. The number of methoxy groups -OCH3 is 1. The first-order valence-electron chi connectivity index (χ1n) is 4.52. The Morgan fingerprint density at radius 1 is 1.53 bits per heavy atom. The molecule has 1 heterocycles. The smallest absolute Gasteiger partial charge is 0.238 e. The van der Waals surface area contributed by atoms with Crippen molar-refractivity contribution in [2.45, 2.75) is 13.8 Å². The molecule has 0 aliphatic heterocycles. The first-order valence-corrected chi connectivity index (χ1v) is 4.86. The van der Waals surface area contributed by atoms with E-state index >= 15 is 0 Å². The fraction of sp³-hybridized carbons (Fsp3) is 0.400. The fourth-order valence-corrected chi connectivity index (χ4v) is 1.00. The maximum atomic E-state index is 8.61. The number of halogens is 1. The van der Waals surface area contributed by atoms with Gasteiger partial charge in [-0.2, -0.15) is 5.26 Å². The summed E-state index contributed by atoms with van der Waals surface area (Å²) in [4.78, 5) is 3.92. The monoisotopic (exact) mass is 227 g/mol. The molecule has 0 atom stereocenters. The topological polar surface area (TPSA) is 49.1 Å². The molecule has 0 fully saturated rings. The second-order valence-corrected chi connectivity index (χ2v) is 2.85. The average molecular weight is 228 g/mol. The molecule has 1 rings (SSSR count).